The van der Waals surface area contributed by atoms with Gasteiger partial charge < -0.3 is 15.2 Å². The molecule has 5 nitrogen and oxygen atoms in total. The summed E-state index contributed by atoms with van der Waals surface area (Å²) in [4.78, 5) is 14.8. The molecule has 0 saturated heterocycles. The fourth-order valence-electron chi connectivity index (χ4n) is 3.76. The van der Waals surface area contributed by atoms with Crippen LogP contribution in [0.3, 0.4) is 0 Å². The standard InChI is InChI=1S/C23H26N4O/c1-18-7-5-10-20(13-18)25-23(28)24-14-22-17-26-12-6-11-21(26)16-27(22)15-19-8-3-2-4-9-19/h2-13,22H,14-17H2,1H3,(H2,24,25,28). The van der Waals surface area contributed by atoms with Crippen LogP contribution in [0.2, 0.25) is 0 Å². The molecule has 5 heteroatoms. The number of benzene rings is 2. The lowest BCUT2D eigenvalue weighted by atomic mass is 10.1. The van der Waals surface area contributed by atoms with Crippen LogP contribution in [0.1, 0.15) is 16.8 Å². The first-order chi connectivity index (χ1) is 13.7. The van der Waals surface area contributed by atoms with Gasteiger partial charge in [0, 0.05) is 49.8 Å². The molecule has 3 aromatic rings. The van der Waals surface area contributed by atoms with Gasteiger partial charge in [-0.25, -0.2) is 4.79 Å². The van der Waals surface area contributed by atoms with Gasteiger partial charge in [-0.3, -0.25) is 4.90 Å². The number of hydrogen-bond acceptors (Lipinski definition) is 2. The topological polar surface area (TPSA) is 49.3 Å². The molecule has 1 aliphatic heterocycles. The Labute approximate surface area is 166 Å². The Balaban J connectivity index is 1.41. The van der Waals surface area contributed by atoms with Crippen molar-refractivity contribution in [3.8, 4) is 0 Å². The summed E-state index contributed by atoms with van der Waals surface area (Å²) in [5.74, 6) is 0. The van der Waals surface area contributed by atoms with E-state index in [1.54, 1.807) is 0 Å². The molecule has 144 valence electrons. The number of nitrogens with zero attached hydrogens (tertiary/aromatic N) is 2. The number of aromatic nitrogens is 1. The van der Waals surface area contributed by atoms with E-state index in [0.29, 0.717) is 6.54 Å². The first-order valence-corrected chi connectivity index (χ1v) is 9.71. The third-order valence-electron chi connectivity index (χ3n) is 5.22. The van der Waals surface area contributed by atoms with E-state index in [0.717, 1.165) is 30.9 Å². The average Bonchev–Trinajstić information content (AvgIpc) is 3.14. The average molecular weight is 374 g/mol. The molecule has 0 saturated carbocycles. The van der Waals surface area contributed by atoms with E-state index < -0.39 is 0 Å². The molecule has 0 fully saturated rings. The number of nitrogens with one attached hydrogen (secondary N) is 2. The predicted octanol–water partition coefficient (Wildman–Crippen LogP) is 4.00. The second-order valence-corrected chi connectivity index (χ2v) is 7.40. The van der Waals surface area contributed by atoms with E-state index in [2.05, 4.69) is 62.7 Å². The number of amides is 2. The number of hydrogen-bond donors (Lipinski definition) is 2. The Morgan fingerprint density at radius 3 is 2.75 bits per heavy atom. The molecule has 2 aromatic carbocycles. The number of rotatable bonds is 5. The Bertz CT molecular complexity index is 935. The van der Waals surface area contributed by atoms with Gasteiger partial charge in [-0.15, -0.1) is 0 Å². The maximum absolute atomic E-state index is 12.4. The first-order valence-electron chi connectivity index (χ1n) is 9.71. The predicted molar refractivity (Wildman–Crippen MR) is 112 cm³/mol. The molecule has 2 heterocycles. The molecule has 0 bridgehead atoms. The summed E-state index contributed by atoms with van der Waals surface area (Å²) in [6, 6.07) is 22.7. The van der Waals surface area contributed by atoms with Gasteiger partial charge >= 0.3 is 6.03 Å². The smallest absolute Gasteiger partial charge is 0.319 e. The largest absolute Gasteiger partial charge is 0.349 e. The van der Waals surface area contributed by atoms with Crippen LogP contribution in [-0.2, 0) is 19.6 Å². The molecule has 0 aliphatic carbocycles. The lowest BCUT2D eigenvalue weighted by Crippen LogP contribution is -2.49. The van der Waals surface area contributed by atoms with E-state index in [1.165, 1.54) is 11.3 Å². The van der Waals surface area contributed by atoms with Gasteiger partial charge in [0.25, 0.3) is 0 Å². The van der Waals surface area contributed by atoms with E-state index in [4.69, 9.17) is 0 Å². The monoisotopic (exact) mass is 374 g/mol. The number of fused-ring (bicyclic) bond motifs is 1. The second-order valence-electron chi connectivity index (χ2n) is 7.40. The highest BCUT2D eigenvalue weighted by Crippen LogP contribution is 2.20. The SMILES string of the molecule is Cc1cccc(NC(=O)NCC2Cn3cccc3CN2Cc2ccccc2)c1. The zero-order chi connectivity index (χ0) is 19.3. The summed E-state index contributed by atoms with van der Waals surface area (Å²) in [5, 5.41) is 5.98. The zero-order valence-corrected chi connectivity index (χ0v) is 16.1. The van der Waals surface area contributed by atoms with E-state index in [9.17, 15) is 4.79 Å². The van der Waals surface area contributed by atoms with Crippen molar-refractivity contribution < 1.29 is 4.79 Å². The highest BCUT2D eigenvalue weighted by molar-refractivity contribution is 5.89. The van der Waals surface area contributed by atoms with Crippen LogP contribution >= 0.6 is 0 Å². The van der Waals surface area contributed by atoms with Crippen molar-refractivity contribution in [2.75, 3.05) is 11.9 Å². The second kappa shape index (κ2) is 8.31. The summed E-state index contributed by atoms with van der Waals surface area (Å²) < 4.78 is 2.28. The number of anilines is 1. The summed E-state index contributed by atoms with van der Waals surface area (Å²) in [5.41, 5.74) is 4.54. The van der Waals surface area contributed by atoms with Crippen molar-refractivity contribution in [2.24, 2.45) is 0 Å². The fourth-order valence-corrected chi connectivity index (χ4v) is 3.76. The van der Waals surface area contributed by atoms with Crippen molar-refractivity contribution >= 4 is 11.7 Å². The summed E-state index contributed by atoms with van der Waals surface area (Å²) in [6.07, 6.45) is 2.12. The quantitative estimate of drug-likeness (QED) is 0.709. The maximum Gasteiger partial charge on any atom is 0.319 e. The van der Waals surface area contributed by atoms with Crippen molar-refractivity contribution in [3.05, 3.63) is 89.7 Å². The van der Waals surface area contributed by atoms with Crippen molar-refractivity contribution in [3.63, 3.8) is 0 Å². The molecule has 1 unspecified atom stereocenters. The zero-order valence-electron chi connectivity index (χ0n) is 16.1. The molecule has 1 aromatic heterocycles. The van der Waals surface area contributed by atoms with Gasteiger partial charge in [-0.1, -0.05) is 42.5 Å². The van der Waals surface area contributed by atoms with E-state index >= 15 is 0 Å². The van der Waals surface area contributed by atoms with Crippen LogP contribution in [-0.4, -0.2) is 28.1 Å². The minimum atomic E-state index is -0.163. The normalized spacial score (nSPS) is 16.4. The van der Waals surface area contributed by atoms with Crippen molar-refractivity contribution in [1.29, 1.82) is 0 Å². The molecular weight excluding hydrogens is 348 g/mol. The fraction of sp³-hybridized carbons (Fsp3) is 0.261. The van der Waals surface area contributed by atoms with Crippen LogP contribution in [0.4, 0.5) is 10.5 Å². The van der Waals surface area contributed by atoms with Crippen LogP contribution in [0, 0.1) is 6.92 Å². The molecule has 4 rings (SSSR count). The van der Waals surface area contributed by atoms with Crippen LogP contribution in [0.5, 0.6) is 0 Å². The lowest BCUT2D eigenvalue weighted by molar-refractivity contribution is 0.130. The van der Waals surface area contributed by atoms with Crippen molar-refractivity contribution in [1.82, 2.24) is 14.8 Å². The van der Waals surface area contributed by atoms with Crippen LogP contribution in [0.25, 0.3) is 0 Å². The Hall–Kier alpha value is -3.05. The molecule has 0 radical (unpaired) electrons. The van der Waals surface area contributed by atoms with E-state index in [-0.39, 0.29) is 12.1 Å². The summed E-state index contributed by atoms with van der Waals surface area (Å²) in [7, 11) is 0. The summed E-state index contributed by atoms with van der Waals surface area (Å²) >= 11 is 0. The molecular formula is C23H26N4O. The highest BCUT2D eigenvalue weighted by Gasteiger charge is 2.26. The van der Waals surface area contributed by atoms with Crippen molar-refractivity contribution in [2.45, 2.75) is 32.6 Å². The highest BCUT2D eigenvalue weighted by atomic mass is 16.2. The Kier molecular flexibility index (Phi) is 5.44. The Morgan fingerprint density at radius 1 is 1.07 bits per heavy atom. The van der Waals surface area contributed by atoms with Gasteiger partial charge in [-0.05, 0) is 42.3 Å². The van der Waals surface area contributed by atoms with Gasteiger partial charge in [0.15, 0.2) is 0 Å². The third kappa shape index (κ3) is 4.43. The minimum absolute atomic E-state index is 0.163. The number of carbonyl (C=O) groups is 1. The third-order valence-corrected chi connectivity index (χ3v) is 5.22. The number of carbonyl (C=O) groups excluding carboxylic acids is 1. The molecule has 28 heavy (non-hydrogen) atoms. The minimum Gasteiger partial charge on any atom is -0.349 e. The lowest BCUT2D eigenvalue weighted by Gasteiger charge is -2.37. The van der Waals surface area contributed by atoms with Crippen LogP contribution in [0.15, 0.2) is 72.9 Å². The Morgan fingerprint density at radius 2 is 1.93 bits per heavy atom. The first kappa shape index (κ1) is 18.3. The number of aryl methyl sites for hydroxylation is 1. The molecule has 2 N–H and O–H groups in total. The molecule has 1 atom stereocenters. The number of urea groups is 1. The maximum atomic E-state index is 12.4. The van der Waals surface area contributed by atoms with Crippen LogP contribution < -0.4 is 10.6 Å². The molecule has 0 spiro atoms. The molecule has 1 aliphatic rings. The van der Waals surface area contributed by atoms with Gasteiger partial charge in [0.2, 0.25) is 0 Å². The van der Waals surface area contributed by atoms with Gasteiger partial charge in [0.1, 0.15) is 0 Å². The molecule has 2 amide bonds. The van der Waals surface area contributed by atoms with E-state index in [1.807, 2.05) is 37.3 Å². The summed E-state index contributed by atoms with van der Waals surface area (Å²) in [6.45, 7) is 5.24. The van der Waals surface area contributed by atoms with Gasteiger partial charge in [-0.2, -0.15) is 0 Å². The van der Waals surface area contributed by atoms with Gasteiger partial charge in [0.05, 0.1) is 0 Å².